The van der Waals surface area contributed by atoms with Gasteiger partial charge in [-0.25, -0.2) is 0 Å². The van der Waals surface area contributed by atoms with Crippen LogP contribution in [-0.2, 0) is 9.53 Å². The van der Waals surface area contributed by atoms with Gasteiger partial charge in [0.25, 0.3) is 0 Å². The Morgan fingerprint density at radius 3 is 2.21 bits per heavy atom. The van der Waals surface area contributed by atoms with Crippen LogP contribution in [0.2, 0.25) is 0 Å². The SMILES string of the molecule is COc1ccc([C@@H](O)[C@@H]2COC(=O)[C@H]2[C@H](O)c2ccc(O)c(O)c2)cc1OC. The number of rotatable bonds is 6. The highest BCUT2D eigenvalue weighted by Gasteiger charge is 2.46. The maximum absolute atomic E-state index is 12.3. The number of aliphatic hydroxyl groups excluding tert-OH is 2. The van der Waals surface area contributed by atoms with Crippen molar-refractivity contribution in [3.05, 3.63) is 47.5 Å². The van der Waals surface area contributed by atoms with Gasteiger partial charge in [-0.05, 0) is 35.4 Å². The normalized spacial score (nSPS) is 21.1. The minimum absolute atomic E-state index is 0.0693. The molecule has 28 heavy (non-hydrogen) atoms. The Hall–Kier alpha value is -2.97. The molecule has 0 radical (unpaired) electrons. The molecular formula is C20H22O8. The second kappa shape index (κ2) is 7.95. The number of ether oxygens (including phenoxy) is 3. The Bertz CT molecular complexity index is 865. The fourth-order valence-corrected chi connectivity index (χ4v) is 3.42. The Kier molecular flexibility index (Phi) is 5.62. The van der Waals surface area contributed by atoms with Crippen molar-refractivity contribution in [2.75, 3.05) is 20.8 Å². The lowest BCUT2D eigenvalue weighted by molar-refractivity contribution is -0.144. The molecule has 1 saturated heterocycles. The number of carbonyl (C=O) groups excluding carboxylic acids is 1. The van der Waals surface area contributed by atoms with Crippen molar-refractivity contribution in [3.63, 3.8) is 0 Å². The fourth-order valence-electron chi connectivity index (χ4n) is 3.42. The third-order valence-electron chi connectivity index (χ3n) is 4.99. The highest BCUT2D eigenvalue weighted by molar-refractivity contribution is 5.76. The first kappa shape index (κ1) is 19.8. The molecule has 4 atom stereocenters. The molecule has 8 heteroatoms. The van der Waals surface area contributed by atoms with E-state index in [0.717, 1.165) is 0 Å². The number of phenolic OH excluding ortho intramolecular Hbond substituents is 2. The van der Waals surface area contributed by atoms with Crippen LogP contribution in [0.3, 0.4) is 0 Å². The Morgan fingerprint density at radius 1 is 0.929 bits per heavy atom. The number of esters is 1. The van der Waals surface area contributed by atoms with Crippen LogP contribution >= 0.6 is 0 Å². The standard InChI is InChI=1S/C20H22O8/c1-26-15-6-4-11(8-16(15)27-2)18(23)12-9-28-20(25)17(12)19(24)10-3-5-13(21)14(22)7-10/h3-8,12,17-19,21-24H,9H2,1-2H3/t12-,17-,18-,19-/m1/s1. The summed E-state index contributed by atoms with van der Waals surface area (Å²) in [6.07, 6.45) is -2.45. The third kappa shape index (κ3) is 3.56. The zero-order valence-corrected chi connectivity index (χ0v) is 15.4. The molecule has 0 spiro atoms. The van der Waals surface area contributed by atoms with Gasteiger partial charge in [0.15, 0.2) is 23.0 Å². The van der Waals surface area contributed by atoms with E-state index in [-0.39, 0.29) is 17.9 Å². The van der Waals surface area contributed by atoms with Crippen molar-refractivity contribution in [3.8, 4) is 23.0 Å². The second-order valence-electron chi connectivity index (χ2n) is 6.57. The number of carbonyl (C=O) groups is 1. The number of phenols is 2. The lowest BCUT2D eigenvalue weighted by Crippen LogP contribution is -2.28. The summed E-state index contributed by atoms with van der Waals surface area (Å²) in [6, 6.07) is 8.66. The maximum atomic E-state index is 12.3. The average molecular weight is 390 g/mol. The van der Waals surface area contributed by atoms with Crippen LogP contribution in [0.15, 0.2) is 36.4 Å². The van der Waals surface area contributed by atoms with Crippen molar-refractivity contribution >= 4 is 5.97 Å². The van der Waals surface area contributed by atoms with Gasteiger partial charge in [0.05, 0.1) is 39.0 Å². The van der Waals surface area contributed by atoms with Crippen LogP contribution in [0.4, 0.5) is 0 Å². The number of benzene rings is 2. The van der Waals surface area contributed by atoms with E-state index in [9.17, 15) is 25.2 Å². The average Bonchev–Trinajstić information content (AvgIpc) is 3.09. The number of methoxy groups -OCH3 is 2. The molecule has 0 aliphatic carbocycles. The summed E-state index contributed by atoms with van der Waals surface area (Å²) >= 11 is 0. The molecule has 0 aromatic heterocycles. The monoisotopic (exact) mass is 390 g/mol. The highest BCUT2D eigenvalue weighted by atomic mass is 16.5. The van der Waals surface area contributed by atoms with Gasteiger partial charge >= 0.3 is 5.97 Å². The molecule has 2 aromatic rings. The van der Waals surface area contributed by atoms with Gasteiger partial charge in [0.1, 0.15) is 0 Å². The molecule has 2 aromatic carbocycles. The number of hydrogen-bond acceptors (Lipinski definition) is 8. The molecule has 0 amide bonds. The summed E-state index contributed by atoms with van der Waals surface area (Å²) in [5.74, 6) is -2.27. The van der Waals surface area contributed by atoms with E-state index < -0.39 is 35.8 Å². The summed E-state index contributed by atoms with van der Waals surface area (Å²) in [4.78, 5) is 12.3. The summed E-state index contributed by atoms with van der Waals surface area (Å²) in [6.45, 7) is -0.0693. The largest absolute Gasteiger partial charge is 0.504 e. The molecule has 1 heterocycles. The van der Waals surface area contributed by atoms with E-state index in [1.165, 1.54) is 32.4 Å². The van der Waals surface area contributed by atoms with E-state index >= 15 is 0 Å². The quantitative estimate of drug-likeness (QED) is 0.434. The molecule has 0 saturated carbocycles. The van der Waals surface area contributed by atoms with Crippen molar-refractivity contribution < 1.29 is 39.4 Å². The van der Waals surface area contributed by atoms with Gasteiger partial charge in [0, 0.05) is 5.92 Å². The Morgan fingerprint density at radius 2 is 1.57 bits per heavy atom. The van der Waals surface area contributed by atoms with Crippen LogP contribution in [0, 0.1) is 11.8 Å². The van der Waals surface area contributed by atoms with Gasteiger partial charge in [-0.2, -0.15) is 0 Å². The minimum Gasteiger partial charge on any atom is -0.504 e. The maximum Gasteiger partial charge on any atom is 0.312 e. The molecule has 1 aliphatic rings. The minimum atomic E-state index is -1.33. The Labute approximate surface area is 161 Å². The van der Waals surface area contributed by atoms with Gasteiger partial charge < -0.3 is 34.6 Å². The first-order valence-corrected chi connectivity index (χ1v) is 8.64. The molecule has 0 bridgehead atoms. The van der Waals surface area contributed by atoms with Crippen LogP contribution in [0.5, 0.6) is 23.0 Å². The predicted octanol–water partition coefficient (Wildman–Crippen LogP) is 1.67. The lowest BCUT2D eigenvalue weighted by atomic mass is 9.81. The molecule has 1 aliphatic heterocycles. The van der Waals surface area contributed by atoms with Crippen LogP contribution in [-0.4, -0.2) is 47.2 Å². The number of hydrogen-bond donors (Lipinski definition) is 4. The van der Waals surface area contributed by atoms with Crippen molar-refractivity contribution in [2.45, 2.75) is 12.2 Å². The highest BCUT2D eigenvalue weighted by Crippen LogP contribution is 2.43. The summed E-state index contributed by atoms with van der Waals surface area (Å²) in [7, 11) is 2.97. The van der Waals surface area contributed by atoms with E-state index in [4.69, 9.17) is 14.2 Å². The molecule has 150 valence electrons. The van der Waals surface area contributed by atoms with E-state index in [1.54, 1.807) is 18.2 Å². The lowest BCUT2D eigenvalue weighted by Gasteiger charge is -2.26. The first-order chi connectivity index (χ1) is 13.4. The van der Waals surface area contributed by atoms with Gasteiger partial charge in [0.2, 0.25) is 0 Å². The second-order valence-corrected chi connectivity index (χ2v) is 6.57. The van der Waals surface area contributed by atoms with Gasteiger partial charge in [-0.3, -0.25) is 4.79 Å². The van der Waals surface area contributed by atoms with Crippen molar-refractivity contribution in [2.24, 2.45) is 11.8 Å². The zero-order valence-electron chi connectivity index (χ0n) is 15.4. The zero-order chi connectivity index (χ0) is 20.4. The van der Waals surface area contributed by atoms with Crippen molar-refractivity contribution in [1.82, 2.24) is 0 Å². The van der Waals surface area contributed by atoms with Crippen LogP contribution in [0.25, 0.3) is 0 Å². The molecule has 8 nitrogen and oxygen atoms in total. The molecule has 3 rings (SSSR count). The number of cyclic esters (lactones) is 1. The smallest absolute Gasteiger partial charge is 0.312 e. The van der Waals surface area contributed by atoms with Gasteiger partial charge in [-0.1, -0.05) is 12.1 Å². The van der Waals surface area contributed by atoms with E-state index in [1.807, 2.05) is 0 Å². The predicted molar refractivity (Wildman–Crippen MR) is 97.2 cm³/mol. The van der Waals surface area contributed by atoms with E-state index in [2.05, 4.69) is 0 Å². The van der Waals surface area contributed by atoms with E-state index in [0.29, 0.717) is 17.1 Å². The molecule has 1 fully saturated rings. The topological polar surface area (TPSA) is 126 Å². The molecule has 4 N–H and O–H groups in total. The number of aromatic hydroxyl groups is 2. The summed E-state index contributed by atoms with van der Waals surface area (Å²) in [5, 5.41) is 40.7. The third-order valence-corrected chi connectivity index (χ3v) is 4.99. The number of aliphatic hydroxyl groups is 2. The summed E-state index contributed by atoms with van der Waals surface area (Å²) in [5.41, 5.74) is 0.704. The van der Waals surface area contributed by atoms with Gasteiger partial charge in [-0.15, -0.1) is 0 Å². The van der Waals surface area contributed by atoms with Crippen LogP contribution < -0.4 is 9.47 Å². The fraction of sp³-hybridized carbons (Fsp3) is 0.350. The Balaban J connectivity index is 1.90. The molecule has 0 unspecified atom stereocenters. The first-order valence-electron chi connectivity index (χ1n) is 8.64. The van der Waals surface area contributed by atoms with Crippen molar-refractivity contribution in [1.29, 1.82) is 0 Å². The summed E-state index contributed by atoms with van der Waals surface area (Å²) < 4.78 is 15.5. The molecular weight excluding hydrogens is 368 g/mol. The van der Waals surface area contributed by atoms with Crippen LogP contribution in [0.1, 0.15) is 23.3 Å².